The molecule has 0 atom stereocenters. The normalized spacial score (nSPS) is 16.6. The van der Waals surface area contributed by atoms with E-state index in [-0.39, 0.29) is 11.3 Å². The van der Waals surface area contributed by atoms with Gasteiger partial charge in [-0.25, -0.2) is 4.98 Å². The van der Waals surface area contributed by atoms with E-state index in [0.29, 0.717) is 12.2 Å². The van der Waals surface area contributed by atoms with Gasteiger partial charge in [-0.15, -0.1) is 0 Å². The van der Waals surface area contributed by atoms with Gasteiger partial charge in [0.1, 0.15) is 5.69 Å². The lowest BCUT2D eigenvalue weighted by Crippen LogP contribution is -2.45. The molecule has 1 N–H and O–H groups in total. The van der Waals surface area contributed by atoms with Crippen LogP contribution in [0.2, 0.25) is 0 Å². The lowest BCUT2D eigenvalue weighted by atomic mass is 9.72. The molecule has 1 saturated heterocycles. The summed E-state index contributed by atoms with van der Waals surface area (Å²) in [6.07, 6.45) is 1.83. The number of rotatable bonds is 4. The predicted molar refractivity (Wildman–Crippen MR) is 94.2 cm³/mol. The van der Waals surface area contributed by atoms with Crippen molar-refractivity contribution in [2.45, 2.75) is 32.1 Å². The molecule has 1 amide bonds. The minimum Gasteiger partial charge on any atom is -0.381 e. The van der Waals surface area contributed by atoms with Crippen molar-refractivity contribution in [3.8, 4) is 0 Å². The Labute approximate surface area is 143 Å². The highest BCUT2D eigenvalue weighted by molar-refractivity contribution is 5.92. The number of pyridine rings is 1. The maximum Gasteiger partial charge on any atom is 0.269 e. The SMILES string of the molecule is Cc1cccc(C(=O)NCC2(c3ccccc3C)CCOCC2)n1. The van der Waals surface area contributed by atoms with Gasteiger partial charge in [0.05, 0.1) is 0 Å². The number of benzene rings is 1. The first-order valence-electron chi connectivity index (χ1n) is 8.46. The molecule has 0 radical (unpaired) electrons. The van der Waals surface area contributed by atoms with Crippen LogP contribution < -0.4 is 5.32 Å². The topological polar surface area (TPSA) is 51.2 Å². The van der Waals surface area contributed by atoms with Gasteiger partial charge in [-0.05, 0) is 49.9 Å². The second-order valence-electron chi connectivity index (χ2n) is 6.55. The van der Waals surface area contributed by atoms with Crippen molar-refractivity contribution >= 4 is 5.91 Å². The van der Waals surface area contributed by atoms with Crippen LogP contribution in [0.5, 0.6) is 0 Å². The summed E-state index contributed by atoms with van der Waals surface area (Å²) in [5.41, 5.74) is 3.83. The van der Waals surface area contributed by atoms with E-state index in [1.165, 1.54) is 11.1 Å². The van der Waals surface area contributed by atoms with Crippen LogP contribution in [0.3, 0.4) is 0 Å². The molecule has 0 aliphatic carbocycles. The summed E-state index contributed by atoms with van der Waals surface area (Å²) < 4.78 is 5.57. The van der Waals surface area contributed by atoms with Gasteiger partial charge in [0.25, 0.3) is 5.91 Å². The fourth-order valence-electron chi connectivity index (χ4n) is 3.48. The van der Waals surface area contributed by atoms with Crippen molar-refractivity contribution in [1.82, 2.24) is 10.3 Å². The van der Waals surface area contributed by atoms with Crippen LogP contribution in [-0.4, -0.2) is 30.6 Å². The fraction of sp³-hybridized carbons (Fsp3) is 0.400. The van der Waals surface area contributed by atoms with Crippen molar-refractivity contribution in [1.29, 1.82) is 0 Å². The molecule has 1 aliphatic heterocycles. The zero-order valence-electron chi connectivity index (χ0n) is 14.3. The smallest absolute Gasteiger partial charge is 0.269 e. The lowest BCUT2D eigenvalue weighted by Gasteiger charge is -2.39. The van der Waals surface area contributed by atoms with Crippen LogP contribution in [0, 0.1) is 13.8 Å². The molecule has 126 valence electrons. The number of carbonyl (C=O) groups is 1. The summed E-state index contributed by atoms with van der Waals surface area (Å²) in [5, 5.41) is 3.11. The molecular formula is C20H24N2O2. The van der Waals surface area contributed by atoms with E-state index in [4.69, 9.17) is 4.74 Å². The van der Waals surface area contributed by atoms with E-state index in [1.807, 2.05) is 19.1 Å². The Bertz CT molecular complexity index is 721. The molecule has 24 heavy (non-hydrogen) atoms. The number of nitrogens with one attached hydrogen (secondary N) is 1. The van der Waals surface area contributed by atoms with E-state index in [9.17, 15) is 4.79 Å². The first-order chi connectivity index (χ1) is 11.6. The van der Waals surface area contributed by atoms with Crippen LogP contribution in [0.25, 0.3) is 0 Å². The molecule has 0 saturated carbocycles. The zero-order chi connectivity index (χ0) is 17.0. The molecule has 0 bridgehead atoms. The van der Waals surface area contributed by atoms with Crippen molar-refractivity contribution in [2.24, 2.45) is 0 Å². The summed E-state index contributed by atoms with van der Waals surface area (Å²) in [6, 6.07) is 14.0. The molecule has 3 rings (SSSR count). The molecule has 1 fully saturated rings. The summed E-state index contributed by atoms with van der Waals surface area (Å²) >= 11 is 0. The van der Waals surface area contributed by atoms with Crippen LogP contribution >= 0.6 is 0 Å². The molecule has 1 aromatic heterocycles. The Kier molecular flexibility index (Phi) is 4.95. The van der Waals surface area contributed by atoms with E-state index in [0.717, 1.165) is 31.7 Å². The number of aromatic nitrogens is 1. The van der Waals surface area contributed by atoms with Crippen molar-refractivity contribution in [3.05, 3.63) is 65.0 Å². The monoisotopic (exact) mass is 324 g/mol. The first-order valence-corrected chi connectivity index (χ1v) is 8.46. The maximum atomic E-state index is 12.5. The summed E-state index contributed by atoms with van der Waals surface area (Å²) in [5.74, 6) is -0.113. The summed E-state index contributed by atoms with van der Waals surface area (Å²) in [4.78, 5) is 16.8. The Morgan fingerprint density at radius 1 is 1.12 bits per heavy atom. The van der Waals surface area contributed by atoms with Crippen LogP contribution in [0.1, 0.15) is 40.2 Å². The van der Waals surface area contributed by atoms with E-state index in [2.05, 4.69) is 41.5 Å². The highest BCUT2D eigenvalue weighted by Gasteiger charge is 2.35. The van der Waals surface area contributed by atoms with Gasteiger partial charge < -0.3 is 10.1 Å². The third-order valence-electron chi connectivity index (χ3n) is 4.87. The van der Waals surface area contributed by atoms with Crippen molar-refractivity contribution < 1.29 is 9.53 Å². The van der Waals surface area contributed by atoms with Gasteiger partial charge >= 0.3 is 0 Å². The molecule has 0 spiro atoms. The zero-order valence-corrected chi connectivity index (χ0v) is 14.3. The van der Waals surface area contributed by atoms with Gasteiger partial charge in [0, 0.05) is 30.9 Å². The van der Waals surface area contributed by atoms with E-state index >= 15 is 0 Å². The molecule has 4 heteroatoms. The predicted octanol–water partition coefficient (Wildman–Crippen LogP) is 3.18. The van der Waals surface area contributed by atoms with Crippen LogP contribution in [0.15, 0.2) is 42.5 Å². The molecule has 2 aromatic rings. The van der Waals surface area contributed by atoms with Crippen LogP contribution in [-0.2, 0) is 10.2 Å². The Balaban J connectivity index is 1.81. The van der Waals surface area contributed by atoms with E-state index in [1.54, 1.807) is 6.07 Å². The van der Waals surface area contributed by atoms with Crippen LogP contribution in [0.4, 0.5) is 0 Å². The molecule has 4 nitrogen and oxygen atoms in total. The number of hydrogen-bond donors (Lipinski definition) is 1. The Morgan fingerprint density at radius 3 is 2.58 bits per heavy atom. The Morgan fingerprint density at radius 2 is 1.88 bits per heavy atom. The largest absolute Gasteiger partial charge is 0.381 e. The van der Waals surface area contributed by atoms with E-state index < -0.39 is 0 Å². The number of carbonyl (C=O) groups excluding carboxylic acids is 1. The fourth-order valence-corrected chi connectivity index (χ4v) is 3.48. The minimum absolute atomic E-state index is 0.0664. The van der Waals surface area contributed by atoms with Gasteiger partial charge in [-0.3, -0.25) is 4.79 Å². The first kappa shape index (κ1) is 16.7. The molecule has 1 aliphatic rings. The van der Waals surface area contributed by atoms with Crippen molar-refractivity contribution in [2.75, 3.05) is 19.8 Å². The number of nitrogens with zero attached hydrogens (tertiary/aromatic N) is 1. The maximum absolute atomic E-state index is 12.5. The minimum atomic E-state index is -0.113. The van der Waals surface area contributed by atoms with Gasteiger partial charge in [-0.1, -0.05) is 30.3 Å². The third kappa shape index (κ3) is 3.49. The average molecular weight is 324 g/mol. The summed E-state index contributed by atoms with van der Waals surface area (Å²) in [7, 11) is 0. The van der Waals surface area contributed by atoms with Gasteiger partial charge in [0.15, 0.2) is 0 Å². The lowest BCUT2D eigenvalue weighted by molar-refractivity contribution is 0.0484. The molecule has 1 aromatic carbocycles. The average Bonchev–Trinajstić information content (AvgIpc) is 2.61. The molecule has 0 unspecified atom stereocenters. The number of aryl methyl sites for hydroxylation is 2. The second-order valence-corrected chi connectivity index (χ2v) is 6.55. The number of ether oxygens (including phenoxy) is 1. The highest BCUT2D eigenvalue weighted by atomic mass is 16.5. The standard InChI is InChI=1S/C20H24N2O2/c1-15-6-3-4-8-17(15)20(10-12-24-13-11-20)14-21-19(23)18-9-5-7-16(2)22-18/h3-9H,10-14H2,1-2H3,(H,21,23). The Hall–Kier alpha value is -2.20. The number of amides is 1. The molecule has 2 heterocycles. The number of hydrogen-bond acceptors (Lipinski definition) is 3. The summed E-state index contributed by atoms with van der Waals surface area (Å²) in [6.45, 7) is 6.09. The highest BCUT2D eigenvalue weighted by Crippen LogP contribution is 2.36. The quantitative estimate of drug-likeness (QED) is 0.940. The third-order valence-corrected chi connectivity index (χ3v) is 4.87. The second kappa shape index (κ2) is 7.14. The van der Waals surface area contributed by atoms with Crippen molar-refractivity contribution in [3.63, 3.8) is 0 Å². The van der Waals surface area contributed by atoms with Gasteiger partial charge in [-0.2, -0.15) is 0 Å². The van der Waals surface area contributed by atoms with Gasteiger partial charge in [0.2, 0.25) is 0 Å². The molecular weight excluding hydrogens is 300 g/mol.